The molecule has 1 aromatic heterocycles. The van der Waals surface area contributed by atoms with Crippen LogP contribution in [0.15, 0.2) is 12.3 Å². The predicted octanol–water partition coefficient (Wildman–Crippen LogP) is 3.03. The van der Waals surface area contributed by atoms with E-state index >= 15 is 0 Å². The predicted molar refractivity (Wildman–Crippen MR) is 63.5 cm³/mol. The van der Waals surface area contributed by atoms with Gasteiger partial charge in [0.2, 0.25) is 0 Å². The van der Waals surface area contributed by atoms with Crippen LogP contribution < -0.4 is 11.1 Å². The molecular formula is C11H14F3N3O2. The molecule has 0 radical (unpaired) electrons. The minimum absolute atomic E-state index is 0.290. The molecule has 1 rings (SSSR count). The number of halogens is 3. The Kier molecular flexibility index (Phi) is 3.92. The molecule has 0 aliphatic rings. The molecule has 0 bridgehead atoms. The van der Waals surface area contributed by atoms with Crippen LogP contribution in [0.2, 0.25) is 0 Å². The van der Waals surface area contributed by atoms with Gasteiger partial charge in [-0.05, 0) is 26.8 Å². The minimum Gasteiger partial charge on any atom is -0.444 e. The summed E-state index contributed by atoms with van der Waals surface area (Å²) in [6, 6.07) is 0.646. The van der Waals surface area contributed by atoms with Crippen LogP contribution in [0.5, 0.6) is 0 Å². The fourth-order valence-corrected chi connectivity index (χ4v) is 1.22. The molecule has 1 aromatic rings. The van der Waals surface area contributed by atoms with Crippen molar-refractivity contribution < 1.29 is 22.7 Å². The fraction of sp³-hybridized carbons (Fsp3) is 0.455. The summed E-state index contributed by atoms with van der Waals surface area (Å²) in [5, 5.41) is 2.00. The monoisotopic (exact) mass is 277 g/mol. The van der Waals surface area contributed by atoms with Gasteiger partial charge in [0, 0.05) is 0 Å². The standard InChI is InChI=1S/C11H14F3N3O2/c1-10(2,3)19-9(18)17-7-5-16-8(15)4-6(7)11(12,13)14/h4-5H,1-3H3,(H2,15,16)(H,17,18). The van der Waals surface area contributed by atoms with Crippen LogP contribution in [0.3, 0.4) is 0 Å². The third-order valence-corrected chi connectivity index (χ3v) is 1.87. The molecule has 0 saturated heterocycles. The zero-order chi connectivity index (χ0) is 14.8. The van der Waals surface area contributed by atoms with E-state index in [1.165, 1.54) is 0 Å². The normalized spacial score (nSPS) is 12.1. The molecule has 0 aliphatic carbocycles. The summed E-state index contributed by atoms with van der Waals surface area (Å²) in [5.41, 5.74) is 2.80. The summed E-state index contributed by atoms with van der Waals surface area (Å²) in [4.78, 5) is 14.9. The second kappa shape index (κ2) is 4.94. The van der Waals surface area contributed by atoms with Crippen molar-refractivity contribution in [2.45, 2.75) is 32.5 Å². The van der Waals surface area contributed by atoms with Crippen LogP contribution in [0.1, 0.15) is 26.3 Å². The van der Waals surface area contributed by atoms with Crippen LogP contribution in [0, 0.1) is 0 Å². The van der Waals surface area contributed by atoms with E-state index < -0.39 is 29.1 Å². The second-order valence-corrected chi connectivity index (χ2v) is 4.78. The Hall–Kier alpha value is -1.99. The number of rotatable bonds is 1. The Balaban J connectivity index is 2.99. The SMILES string of the molecule is CC(C)(C)OC(=O)Nc1cnc(N)cc1C(F)(F)F. The van der Waals surface area contributed by atoms with Gasteiger partial charge in [0.25, 0.3) is 0 Å². The lowest BCUT2D eigenvalue weighted by molar-refractivity contribution is -0.136. The first-order valence-corrected chi connectivity index (χ1v) is 5.32. The van der Waals surface area contributed by atoms with Crippen molar-refractivity contribution >= 4 is 17.6 Å². The molecule has 1 heterocycles. The van der Waals surface area contributed by atoms with Crippen LogP contribution in [-0.4, -0.2) is 16.7 Å². The number of pyridine rings is 1. The molecule has 3 N–H and O–H groups in total. The third-order valence-electron chi connectivity index (χ3n) is 1.87. The lowest BCUT2D eigenvalue weighted by Gasteiger charge is -2.20. The maximum absolute atomic E-state index is 12.7. The summed E-state index contributed by atoms with van der Waals surface area (Å²) in [6.07, 6.45) is -4.81. The van der Waals surface area contributed by atoms with E-state index in [1.54, 1.807) is 20.8 Å². The number of aromatic nitrogens is 1. The fourth-order valence-electron chi connectivity index (χ4n) is 1.22. The van der Waals surface area contributed by atoms with Gasteiger partial charge in [0.05, 0.1) is 17.4 Å². The van der Waals surface area contributed by atoms with E-state index in [9.17, 15) is 18.0 Å². The molecule has 0 atom stereocenters. The summed E-state index contributed by atoms with van der Waals surface area (Å²) >= 11 is 0. The summed E-state index contributed by atoms with van der Waals surface area (Å²) < 4.78 is 43.1. The molecule has 0 aromatic carbocycles. The van der Waals surface area contributed by atoms with Gasteiger partial charge < -0.3 is 10.5 Å². The van der Waals surface area contributed by atoms with Crippen molar-refractivity contribution in [1.82, 2.24) is 4.98 Å². The van der Waals surface area contributed by atoms with Gasteiger partial charge in [-0.25, -0.2) is 9.78 Å². The Morgan fingerprint density at radius 1 is 1.37 bits per heavy atom. The number of nitrogens with two attached hydrogens (primary N) is 1. The van der Waals surface area contributed by atoms with E-state index in [-0.39, 0.29) is 5.82 Å². The lowest BCUT2D eigenvalue weighted by Crippen LogP contribution is -2.28. The molecule has 5 nitrogen and oxygen atoms in total. The maximum Gasteiger partial charge on any atom is 0.418 e. The highest BCUT2D eigenvalue weighted by Crippen LogP contribution is 2.35. The number of nitrogens with zero attached hydrogens (tertiary/aromatic N) is 1. The number of nitrogens with one attached hydrogen (secondary N) is 1. The van der Waals surface area contributed by atoms with Crippen LogP contribution in [0.25, 0.3) is 0 Å². The van der Waals surface area contributed by atoms with Gasteiger partial charge >= 0.3 is 12.3 Å². The number of ether oxygens (including phenoxy) is 1. The molecule has 19 heavy (non-hydrogen) atoms. The first kappa shape index (κ1) is 15.1. The van der Waals surface area contributed by atoms with Gasteiger partial charge in [-0.1, -0.05) is 0 Å². The molecule has 0 unspecified atom stereocenters. The molecule has 1 amide bonds. The highest BCUT2D eigenvalue weighted by molar-refractivity contribution is 5.86. The first-order chi connectivity index (χ1) is 8.49. The number of anilines is 2. The zero-order valence-corrected chi connectivity index (χ0v) is 10.6. The quantitative estimate of drug-likeness (QED) is 0.827. The lowest BCUT2D eigenvalue weighted by atomic mass is 10.2. The Morgan fingerprint density at radius 3 is 2.42 bits per heavy atom. The van der Waals surface area contributed by atoms with E-state index in [1.807, 2.05) is 5.32 Å². The average molecular weight is 277 g/mol. The minimum atomic E-state index is -4.65. The van der Waals surface area contributed by atoms with Crippen molar-refractivity contribution in [3.8, 4) is 0 Å². The van der Waals surface area contributed by atoms with Crippen LogP contribution in [0.4, 0.5) is 29.5 Å². The largest absolute Gasteiger partial charge is 0.444 e. The van der Waals surface area contributed by atoms with Crippen molar-refractivity contribution in [2.75, 3.05) is 11.1 Å². The highest BCUT2D eigenvalue weighted by Gasteiger charge is 2.35. The molecule has 106 valence electrons. The van der Waals surface area contributed by atoms with E-state index in [4.69, 9.17) is 10.5 Å². The van der Waals surface area contributed by atoms with Crippen molar-refractivity contribution in [2.24, 2.45) is 0 Å². The second-order valence-electron chi connectivity index (χ2n) is 4.78. The Morgan fingerprint density at radius 2 is 1.95 bits per heavy atom. The number of hydrogen-bond acceptors (Lipinski definition) is 4. The molecule has 8 heteroatoms. The van der Waals surface area contributed by atoms with Crippen molar-refractivity contribution in [1.29, 1.82) is 0 Å². The number of alkyl halides is 3. The molecule has 0 spiro atoms. The molecule has 0 fully saturated rings. The number of hydrogen-bond donors (Lipinski definition) is 2. The van der Waals surface area contributed by atoms with Crippen LogP contribution in [-0.2, 0) is 10.9 Å². The van der Waals surface area contributed by atoms with Gasteiger partial charge in [0.15, 0.2) is 0 Å². The van der Waals surface area contributed by atoms with E-state index in [0.717, 1.165) is 6.20 Å². The molecule has 0 aliphatic heterocycles. The third kappa shape index (κ3) is 4.65. The highest BCUT2D eigenvalue weighted by atomic mass is 19.4. The Labute approximate surface area is 108 Å². The Bertz CT molecular complexity index is 481. The zero-order valence-electron chi connectivity index (χ0n) is 10.6. The summed E-state index contributed by atoms with van der Waals surface area (Å²) in [5.74, 6) is -0.290. The van der Waals surface area contributed by atoms with Gasteiger partial charge in [-0.2, -0.15) is 13.2 Å². The van der Waals surface area contributed by atoms with Gasteiger partial charge in [-0.3, -0.25) is 5.32 Å². The summed E-state index contributed by atoms with van der Waals surface area (Å²) in [6.45, 7) is 4.79. The average Bonchev–Trinajstić information content (AvgIpc) is 2.16. The van der Waals surface area contributed by atoms with Crippen molar-refractivity contribution in [3.05, 3.63) is 17.8 Å². The van der Waals surface area contributed by atoms with Gasteiger partial charge in [-0.15, -0.1) is 0 Å². The van der Waals surface area contributed by atoms with Crippen molar-refractivity contribution in [3.63, 3.8) is 0 Å². The van der Waals surface area contributed by atoms with E-state index in [2.05, 4.69) is 4.98 Å². The topological polar surface area (TPSA) is 77.2 Å². The number of nitrogen functional groups attached to an aromatic ring is 1. The number of amides is 1. The van der Waals surface area contributed by atoms with Gasteiger partial charge in [0.1, 0.15) is 11.4 Å². The summed E-state index contributed by atoms with van der Waals surface area (Å²) in [7, 11) is 0. The first-order valence-electron chi connectivity index (χ1n) is 5.32. The maximum atomic E-state index is 12.7. The number of carbonyl (C=O) groups is 1. The van der Waals surface area contributed by atoms with Crippen LogP contribution >= 0.6 is 0 Å². The smallest absolute Gasteiger partial charge is 0.418 e. The molecular weight excluding hydrogens is 263 g/mol. The van der Waals surface area contributed by atoms with E-state index in [0.29, 0.717) is 6.07 Å². The molecule has 0 saturated carbocycles. The number of carbonyl (C=O) groups excluding carboxylic acids is 1.